The van der Waals surface area contributed by atoms with Crippen LogP contribution in [0.4, 0.5) is 0 Å². The molecule has 2 aliphatic rings. The van der Waals surface area contributed by atoms with Crippen LogP contribution in [0.2, 0.25) is 0 Å². The van der Waals surface area contributed by atoms with Crippen molar-refractivity contribution in [3.05, 3.63) is 0 Å². The van der Waals surface area contributed by atoms with E-state index in [0.29, 0.717) is 19.6 Å². The standard InChI is InChI=1S/C11H19N3O2/c1-8-9(15)13-5-6-14(8)10(16)11(7-12)3-2-4-11/h8H,2-7,12H2,1H3,(H,13,15). The van der Waals surface area contributed by atoms with Crippen LogP contribution in [0.25, 0.3) is 0 Å². The van der Waals surface area contributed by atoms with Crippen molar-refractivity contribution in [3.8, 4) is 0 Å². The van der Waals surface area contributed by atoms with Crippen molar-refractivity contribution in [1.29, 1.82) is 0 Å². The number of nitrogens with zero attached hydrogens (tertiary/aromatic N) is 1. The van der Waals surface area contributed by atoms with Crippen LogP contribution in [0.15, 0.2) is 0 Å². The van der Waals surface area contributed by atoms with Gasteiger partial charge in [0, 0.05) is 19.6 Å². The average Bonchev–Trinajstić information content (AvgIpc) is 2.21. The van der Waals surface area contributed by atoms with E-state index in [0.717, 1.165) is 19.3 Å². The molecule has 1 aliphatic carbocycles. The van der Waals surface area contributed by atoms with E-state index in [-0.39, 0.29) is 23.3 Å². The fraction of sp³-hybridized carbons (Fsp3) is 0.818. The lowest BCUT2D eigenvalue weighted by Gasteiger charge is -2.45. The highest BCUT2D eigenvalue weighted by Crippen LogP contribution is 2.41. The van der Waals surface area contributed by atoms with Crippen molar-refractivity contribution >= 4 is 11.8 Å². The minimum atomic E-state index is -0.369. The average molecular weight is 225 g/mol. The molecule has 1 saturated carbocycles. The summed E-state index contributed by atoms with van der Waals surface area (Å²) in [7, 11) is 0. The van der Waals surface area contributed by atoms with Gasteiger partial charge in [0.25, 0.3) is 0 Å². The maximum absolute atomic E-state index is 12.4. The lowest BCUT2D eigenvalue weighted by molar-refractivity contribution is -0.154. The number of nitrogens with one attached hydrogen (secondary N) is 1. The zero-order chi connectivity index (χ0) is 11.8. The highest BCUT2D eigenvalue weighted by atomic mass is 16.2. The molecule has 2 amide bonds. The van der Waals surface area contributed by atoms with Gasteiger partial charge in [-0.2, -0.15) is 0 Å². The van der Waals surface area contributed by atoms with Crippen molar-refractivity contribution in [2.75, 3.05) is 19.6 Å². The minimum Gasteiger partial charge on any atom is -0.353 e. The summed E-state index contributed by atoms with van der Waals surface area (Å²) in [5.74, 6) is 0.00898. The van der Waals surface area contributed by atoms with Crippen LogP contribution in [0.1, 0.15) is 26.2 Å². The van der Waals surface area contributed by atoms with Crippen LogP contribution >= 0.6 is 0 Å². The SMILES string of the molecule is CC1C(=O)NCCN1C(=O)C1(CN)CCC1. The van der Waals surface area contributed by atoms with Gasteiger partial charge in [-0.25, -0.2) is 0 Å². The number of carbonyl (C=O) groups is 2. The summed E-state index contributed by atoms with van der Waals surface area (Å²) in [5.41, 5.74) is 5.34. The van der Waals surface area contributed by atoms with Gasteiger partial charge >= 0.3 is 0 Å². The first-order valence-electron chi connectivity index (χ1n) is 5.89. The Labute approximate surface area is 95.3 Å². The summed E-state index contributed by atoms with van der Waals surface area (Å²) in [6, 6.07) is -0.356. The summed E-state index contributed by atoms with van der Waals surface area (Å²) in [4.78, 5) is 25.5. The number of piperazine rings is 1. The normalized spacial score (nSPS) is 28.2. The van der Waals surface area contributed by atoms with E-state index in [1.54, 1.807) is 11.8 Å². The van der Waals surface area contributed by atoms with Gasteiger partial charge in [-0.05, 0) is 19.8 Å². The third-order valence-corrected chi connectivity index (χ3v) is 3.91. The third-order valence-electron chi connectivity index (χ3n) is 3.91. The molecule has 0 spiro atoms. The molecule has 0 aromatic heterocycles. The molecular formula is C11H19N3O2. The number of amides is 2. The molecule has 0 aromatic carbocycles. The Bertz CT molecular complexity index is 307. The van der Waals surface area contributed by atoms with Crippen molar-refractivity contribution in [2.45, 2.75) is 32.2 Å². The fourth-order valence-corrected chi connectivity index (χ4v) is 2.47. The smallest absolute Gasteiger partial charge is 0.242 e. The summed E-state index contributed by atoms with van der Waals surface area (Å²) < 4.78 is 0. The predicted octanol–water partition coefficient (Wildman–Crippen LogP) is -0.538. The Morgan fingerprint density at radius 1 is 1.62 bits per heavy atom. The fourth-order valence-electron chi connectivity index (χ4n) is 2.47. The quantitative estimate of drug-likeness (QED) is 0.663. The maximum Gasteiger partial charge on any atom is 0.242 e. The van der Waals surface area contributed by atoms with Crippen molar-refractivity contribution in [1.82, 2.24) is 10.2 Å². The van der Waals surface area contributed by atoms with Gasteiger partial charge in [0.05, 0.1) is 5.41 Å². The van der Waals surface area contributed by atoms with Crippen LogP contribution < -0.4 is 11.1 Å². The number of rotatable bonds is 2. The lowest BCUT2D eigenvalue weighted by atomic mass is 9.67. The second-order valence-corrected chi connectivity index (χ2v) is 4.80. The number of carbonyl (C=O) groups excluding carboxylic acids is 2. The molecule has 16 heavy (non-hydrogen) atoms. The van der Waals surface area contributed by atoms with E-state index in [2.05, 4.69) is 5.32 Å². The van der Waals surface area contributed by atoms with Gasteiger partial charge < -0.3 is 16.0 Å². The van der Waals surface area contributed by atoms with Gasteiger partial charge in [-0.15, -0.1) is 0 Å². The molecule has 1 saturated heterocycles. The Morgan fingerprint density at radius 3 is 2.81 bits per heavy atom. The van der Waals surface area contributed by atoms with Crippen LogP contribution in [0.5, 0.6) is 0 Å². The van der Waals surface area contributed by atoms with E-state index in [1.807, 2.05) is 0 Å². The van der Waals surface area contributed by atoms with Gasteiger partial charge in [-0.1, -0.05) is 6.42 Å². The lowest BCUT2D eigenvalue weighted by Crippen LogP contribution is -2.61. The first-order chi connectivity index (χ1) is 7.60. The third kappa shape index (κ3) is 1.59. The van der Waals surface area contributed by atoms with Crippen molar-refractivity contribution in [2.24, 2.45) is 11.1 Å². The molecule has 3 N–H and O–H groups in total. The molecule has 1 heterocycles. The molecule has 5 nitrogen and oxygen atoms in total. The van der Waals surface area contributed by atoms with Gasteiger partial charge in [0.1, 0.15) is 6.04 Å². The predicted molar refractivity (Wildman–Crippen MR) is 59.5 cm³/mol. The second-order valence-electron chi connectivity index (χ2n) is 4.80. The highest BCUT2D eigenvalue weighted by molar-refractivity contribution is 5.91. The molecule has 5 heteroatoms. The topological polar surface area (TPSA) is 75.4 Å². The minimum absolute atomic E-state index is 0.0638. The molecule has 0 radical (unpaired) electrons. The Hall–Kier alpha value is -1.10. The number of nitrogens with two attached hydrogens (primary N) is 1. The first-order valence-corrected chi connectivity index (χ1v) is 5.89. The largest absolute Gasteiger partial charge is 0.353 e. The molecule has 1 unspecified atom stereocenters. The number of hydrogen-bond donors (Lipinski definition) is 2. The van der Waals surface area contributed by atoms with E-state index in [4.69, 9.17) is 5.73 Å². The second kappa shape index (κ2) is 4.05. The molecular weight excluding hydrogens is 206 g/mol. The molecule has 90 valence electrons. The molecule has 2 rings (SSSR count). The van der Waals surface area contributed by atoms with E-state index >= 15 is 0 Å². The zero-order valence-electron chi connectivity index (χ0n) is 9.66. The molecule has 0 bridgehead atoms. The summed E-state index contributed by atoms with van der Waals surface area (Å²) >= 11 is 0. The van der Waals surface area contributed by atoms with Crippen molar-refractivity contribution < 1.29 is 9.59 Å². The summed E-state index contributed by atoms with van der Waals surface area (Å²) in [6.07, 6.45) is 2.80. The van der Waals surface area contributed by atoms with Crippen LogP contribution in [-0.2, 0) is 9.59 Å². The Kier molecular flexibility index (Phi) is 2.88. The Balaban J connectivity index is 2.11. The number of hydrogen-bond acceptors (Lipinski definition) is 3. The van der Waals surface area contributed by atoms with E-state index < -0.39 is 0 Å². The van der Waals surface area contributed by atoms with Gasteiger partial charge in [-0.3, -0.25) is 9.59 Å². The van der Waals surface area contributed by atoms with Crippen LogP contribution in [0, 0.1) is 5.41 Å². The monoisotopic (exact) mass is 225 g/mol. The van der Waals surface area contributed by atoms with Crippen LogP contribution in [0.3, 0.4) is 0 Å². The molecule has 1 aliphatic heterocycles. The molecule has 0 aromatic rings. The summed E-state index contributed by atoms with van der Waals surface area (Å²) in [5, 5.41) is 2.76. The van der Waals surface area contributed by atoms with Gasteiger partial charge in [0.15, 0.2) is 0 Å². The first kappa shape index (κ1) is 11.4. The molecule has 2 fully saturated rings. The summed E-state index contributed by atoms with van der Waals surface area (Å²) in [6.45, 7) is 3.33. The molecule has 1 atom stereocenters. The van der Waals surface area contributed by atoms with E-state index in [1.165, 1.54) is 0 Å². The maximum atomic E-state index is 12.4. The zero-order valence-corrected chi connectivity index (χ0v) is 9.66. The Morgan fingerprint density at radius 2 is 2.31 bits per heavy atom. The van der Waals surface area contributed by atoms with E-state index in [9.17, 15) is 9.59 Å². The van der Waals surface area contributed by atoms with Crippen LogP contribution in [-0.4, -0.2) is 42.4 Å². The highest BCUT2D eigenvalue weighted by Gasteiger charge is 2.47. The van der Waals surface area contributed by atoms with Gasteiger partial charge in [0.2, 0.25) is 11.8 Å². The van der Waals surface area contributed by atoms with Crippen molar-refractivity contribution in [3.63, 3.8) is 0 Å².